The van der Waals surface area contributed by atoms with Crippen molar-refractivity contribution < 1.29 is 33.3 Å². The Morgan fingerprint density at radius 1 is 1.00 bits per heavy atom. The summed E-state index contributed by atoms with van der Waals surface area (Å²) in [5, 5.41) is 6.25. The summed E-state index contributed by atoms with van der Waals surface area (Å²) in [7, 11) is 1.61. The lowest BCUT2D eigenvalue weighted by atomic mass is 9.78. The van der Waals surface area contributed by atoms with Crippen molar-refractivity contribution in [3.05, 3.63) is 34.3 Å². The number of likely N-dealkylation sites (tertiary alicyclic amines) is 1. The summed E-state index contributed by atoms with van der Waals surface area (Å²) in [6, 6.07) is 4.76. The summed E-state index contributed by atoms with van der Waals surface area (Å²) in [6.07, 6.45) is 1.35. The van der Waals surface area contributed by atoms with Crippen LogP contribution < -0.4 is 10.6 Å². The van der Waals surface area contributed by atoms with Gasteiger partial charge in [-0.3, -0.25) is 9.59 Å². The fourth-order valence-corrected chi connectivity index (χ4v) is 4.86. The van der Waals surface area contributed by atoms with Gasteiger partial charge in [0, 0.05) is 37.7 Å². The lowest BCUT2D eigenvalue weighted by Gasteiger charge is -2.35. The number of amides is 3. The second-order valence-corrected chi connectivity index (χ2v) is 12.7. The largest absolute Gasteiger partial charge is 0.444 e. The fraction of sp³-hybridized carbons (Fsp3) is 0.700. The normalized spacial score (nSPS) is 16.4. The lowest BCUT2D eigenvalue weighted by Crippen LogP contribution is -2.49. The molecule has 0 saturated carbocycles. The van der Waals surface area contributed by atoms with E-state index in [2.05, 4.69) is 10.6 Å². The summed E-state index contributed by atoms with van der Waals surface area (Å²) >= 11 is 6.23. The number of methoxy groups -OCH3 is 1. The average Bonchev–Trinajstić information content (AvgIpc) is 3.36. The van der Waals surface area contributed by atoms with Gasteiger partial charge in [0.25, 0.3) is 0 Å². The smallest absolute Gasteiger partial charge is 0.407 e. The number of benzene rings is 1. The Kier molecular flexibility index (Phi) is 13.8. The molecule has 1 aliphatic rings. The molecule has 2 N–H and O–H groups in total. The summed E-state index contributed by atoms with van der Waals surface area (Å²) in [6.45, 7) is 13.9. The molecule has 1 heterocycles. The Labute approximate surface area is 249 Å². The molecule has 3 amide bonds. The van der Waals surface area contributed by atoms with E-state index in [1.165, 1.54) is 0 Å². The molecule has 1 aromatic rings. The van der Waals surface area contributed by atoms with Gasteiger partial charge in [0.2, 0.25) is 11.8 Å². The maximum atomic E-state index is 13.7. The molecule has 1 fully saturated rings. The molecule has 41 heavy (non-hydrogen) atoms. The first-order valence-corrected chi connectivity index (χ1v) is 14.6. The van der Waals surface area contributed by atoms with Gasteiger partial charge in [-0.05, 0) is 68.7 Å². The van der Waals surface area contributed by atoms with Gasteiger partial charge in [-0.2, -0.15) is 0 Å². The first-order chi connectivity index (χ1) is 19.2. The standard InChI is InChI=1S/C30H48ClN3O7/c1-29(2,3)24(12-14-39-20-40-16-15-38-7)27(36)34-13-8-9-25(34)26(35)32-19-22-17-23(31)11-10-21(22)18-33-28(37)41-30(4,5)6/h10-11,17,24-25H,8-9,12-16,18-20H2,1-7H3,(H,32,35)(H,33,37)/t24-,25-/m0/s1. The maximum Gasteiger partial charge on any atom is 0.407 e. The molecule has 0 bridgehead atoms. The third kappa shape index (κ3) is 12.2. The Balaban J connectivity index is 2.00. The number of rotatable bonds is 14. The number of halogens is 1. The van der Waals surface area contributed by atoms with Crippen LogP contribution in [0.3, 0.4) is 0 Å². The van der Waals surface area contributed by atoms with Crippen LogP contribution in [0.4, 0.5) is 4.79 Å². The summed E-state index contributed by atoms with van der Waals surface area (Å²) in [4.78, 5) is 40.9. The van der Waals surface area contributed by atoms with Gasteiger partial charge < -0.3 is 34.5 Å². The van der Waals surface area contributed by atoms with Crippen molar-refractivity contribution in [3.63, 3.8) is 0 Å². The van der Waals surface area contributed by atoms with Crippen LogP contribution in [0.5, 0.6) is 0 Å². The molecule has 2 atom stereocenters. The third-order valence-corrected chi connectivity index (χ3v) is 7.01. The number of carbonyl (C=O) groups is 3. The van der Waals surface area contributed by atoms with E-state index in [1.54, 1.807) is 44.9 Å². The molecule has 1 aromatic carbocycles. The fourth-order valence-electron chi connectivity index (χ4n) is 4.66. The molecule has 2 rings (SSSR count). The molecule has 232 valence electrons. The van der Waals surface area contributed by atoms with E-state index in [0.717, 1.165) is 17.5 Å². The number of hydrogen-bond donors (Lipinski definition) is 2. The predicted octanol–water partition coefficient (Wildman–Crippen LogP) is 4.66. The highest BCUT2D eigenvalue weighted by atomic mass is 35.5. The molecule has 0 spiro atoms. The summed E-state index contributed by atoms with van der Waals surface area (Å²) in [5.74, 6) is -0.560. The Hall–Kier alpha value is -2.40. The van der Waals surface area contributed by atoms with Crippen molar-refractivity contribution in [1.29, 1.82) is 0 Å². The van der Waals surface area contributed by atoms with Gasteiger partial charge in [0.1, 0.15) is 18.4 Å². The van der Waals surface area contributed by atoms with Gasteiger partial charge in [-0.25, -0.2) is 4.79 Å². The number of carbonyl (C=O) groups excluding carboxylic acids is 3. The van der Waals surface area contributed by atoms with E-state index in [-0.39, 0.29) is 43.0 Å². The van der Waals surface area contributed by atoms with Crippen molar-refractivity contribution in [3.8, 4) is 0 Å². The van der Waals surface area contributed by atoms with Crippen LogP contribution in [0.2, 0.25) is 5.02 Å². The minimum atomic E-state index is -0.608. The molecule has 11 heteroatoms. The van der Waals surface area contributed by atoms with Crippen LogP contribution in [0.1, 0.15) is 71.9 Å². The Bertz CT molecular complexity index is 1010. The second-order valence-electron chi connectivity index (χ2n) is 12.3. The molecular weight excluding hydrogens is 550 g/mol. The first kappa shape index (κ1) is 34.8. The average molecular weight is 598 g/mol. The van der Waals surface area contributed by atoms with E-state index in [9.17, 15) is 14.4 Å². The number of nitrogens with zero attached hydrogens (tertiary/aromatic N) is 1. The number of alkyl carbamates (subject to hydrolysis) is 1. The highest BCUT2D eigenvalue weighted by Crippen LogP contribution is 2.33. The first-order valence-electron chi connectivity index (χ1n) is 14.2. The lowest BCUT2D eigenvalue weighted by molar-refractivity contribution is -0.146. The van der Waals surface area contributed by atoms with E-state index in [0.29, 0.717) is 44.2 Å². The van der Waals surface area contributed by atoms with Crippen molar-refractivity contribution in [1.82, 2.24) is 15.5 Å². The van der Waals surface area contributed by atoms with E-state index in [1.807, 2.05) is 26.8 Å². The van der Waals surface area contributed by atoms with Crippen LogP contribution in [-0.2, 0) is 41.6 Å². The van der Waals surface area contributed by atoms with Gasteiger partial charge in [-0.15, -0.1) is 0 Å². The summed E-state index contributed by atoms with van der Waals surface area (Å²) in [5.41, 5.74) is 0.662. The van der Waals surface area contributed by atoms with Crippen molar-refractivity contribution in [2.75, 3.05) is 40.3 Å². The van der Waals surface area contributed by atoms with Crippen molar-refractivity contribution >= 4 is 29.5 Å². The molecule has 0 aliphatic carbocycles. The molecule has 0 aromatic heterocycles. The van der Waals surface area contributed by atoms with Gasteiger partial charge in [0.15, 0.2) is 0 Å². The molecular formula is C30H48ClN3O7. The van der Waals surface area contributed by atoms with Crippen LogP contribution in [0.15, 0.2) is 18.2 Å². The van der Waals surface area contributed by atoms with Gasteiger partial charge in [-0.1, -0.05) is 38.4 Å². The van der Waals surface area contributed by atoms with Crippen molar-refractivity contribution in [2.24, 2.45) is 11.3 Å². The minimum Gasteiger partial charge on any atom is -0.444 e. The van der Waals surface area contributed by atoms with E-state index in [4.69, 9.17) is 30.5 Å². The monoisotopic (exact) mass is 597 g/mol. The van der Waals surface area contributed by atoms with Crippen LogP contribution in [0.25, 0.3) is 0 Å². The predicted molar refractivity (Wildman–Crippen MR) is 157 cm³/mol. The highest BCUT2D eigenvalue weighted by molar-refractivity contribution is 6.30. The van der Waals surface area contributed by atoms with Crippen LogP contribution in [0, 0.1) is 11.3 Å². The maximum absolute atomic E-state index is 13.7. The van der Waals surface area contributed by atoms with E-state index < -0.39 is 17.7 Å². The molecule has 0 radical (unpaired) electrons. The Morgan fingerprint density at radius 3 is 2.34 bits per heavy atom. The summed E-state index contributed by atoms with van der Waals surface area (Å²) < 4.78 is 21.2. The molecule has 10 nitrogen and oxygen atoms in total. The number of hydrogen-bond acceptors (Lipinski definition) is 7. The zero-order valence-electron chi connectivity index (χ0n) is 25.6. The van der Waals surface area contributed by atoms with Gasteiger partial charge >= 0.3 is 6.09 Å². The number of ether oxygens (including phenoxy) is 4. The zero-order valence-corrected chi connectivity index (χ0v) is 26.4. The van der Waals surface area contributed by atoms with Crippen molar-refractivity contribution in [2.45, 2.75) is 85.5 Å². The third-order valence-electron chi connectivity index (χ3n) is 6.77. The molecule has 1 saturated heterocycles. The second kappa shape index (κ2) is 16.3. The zero-order chi connectivity index (χ0) is 30.6. The minimum absolute atomic E-state index is 0.0379. The molecule has 1 aliphatic heterocycles. The topological polar surface area (TPSA) is 115 Å². The van der Waals surface area contributed by atoms with Crippen LogP contribution >= 0.6 is 11.6 Å². The van der Waals surface area contributed by atoms with E-state index >= 15 is 0 Å². The Morgan fingerprint density at radius 2 is 1.68 bits per heavy atom. The highest BCUT2D eigenvalue weighted by Gasteiger charge is 2.40. The van der Waals surface area contributed by atoms with Gasteiger partial charge in [0.05, 0.1) is 19.8 Å². The molecule has 0 unspecified atom stereocenters. The SMILES string of the molecule is COCCOCOCC[C@@H](C(=O)N1CCC[C@H]1C(=O)NCc1cc(Cl)ccc1CNC(=O)OC(C)(C)C)C(C)(C)C. The quantitative estimate of drug-likeness (QED) is 0.237. The van der Waals surface area contributed by atoms with Crippen LogP contribution in [-0.4, -0.2) is 74.7 Å². The number of nitrogens with one attached hydrogen (secondary N) is 2.